The number of aromatic amines is 1. The maximum Gasteiger partial charge on any atom is 0.155 e. The van der Waals surface area contributed by atoms with Crippen molar-refractivity contribution in [1.29, 1.82) is 0 Å². The van der Waals surface area contributed by atoms with E-state index in [0.717, 1.165) is 0 Å². The van der Waals surface area contributed by atoms with Crippen LogP contribution in [0, 0.1) is 0 Å². The summed E-state index contributed by atoms with van der Waals surface area (Å²) in [5.74, 6) is 0. The first kappa shape index (κ1) is 8.26. The zero-order valence-corrected chi connectivity index (χ0v) is 7.22. The summed E-state index contributed by atoms with van der Waals surface area (Å²) >= 11 is 0. The lowest BCUT2D eigenvalue weighted by Crippen LogP contribution is -2.07. The molecule has 0 bridgehead atoms. The minimum absolute atomic E-state index is 0. The predicted octanol–water partition coefficient (Wildman–Crippen LogP) is 0.761. The third-order valence-corrected chi connectivity index (χ3v) is 3.14. The van der Waals surface area contributed by atoms with Crippen LogP contribution in [0.5, 0.6) is 0 Å². The van der Waals surface area contributed by atoms with E-state index in [-0.39, 0.29) is 1.43 Å². The molecule has 0 fully saturated rings. The summed E-state index contributed by atoms with van der Waals surface area (Å²) in [5, 5.41) is 5.79. The molecule has 0 aromatic carbocycles. The van der Waals surface area contributed by atoms with Crippen LogP contribution in [0.25, 0.3) is 0 Å². The van der Waals surface area contributed by atoms with Gasteiger partial charge in [0.05, 0.1) is 10.9 Å². The van der Waals surface area contributed by atoms with E-state index >= 15 is 0 Å². The molecule has 1 unspecified atom stereocenters. The Morgan fingerprint density at radius 1 is 1.73 bits per heavy atom. The van der Waals surface area contributed by atoms with Gasteiger partial charge in [-0.25, -0.2) is 8.42 Å². The molecule has 0 spiro atoms. The van der Waals surface area contributed by atoms with Gasteiger partial charge < -0.3 is 0 Å². The van der Waals surface area contributed by atoms with E-state index in [0.29, 0.717) is 5.69 Å². The molecule has 4 nitrogen and oxygen atoms in total. The highest BCUT2D eigenvalue weighted by Crippen LogP contribution is 2.17. The second-order valence-corrected chi connectivity index (χ2v) is 4.85. The Morgan fingerprint density at radius 2 is 2.36 bits per heavy atom. The third-order valence-electron chi connectivity index (χ3n) is 1.60. The lowest BCUT2D eigenvalue weighted by Gasteiger charge is -2.04. The van der Waals surface area contributed by atoms with Gasteiger partial charge in [0.15, 0.2) is 9.84 Å². The molecule has 0 aliphatic heterocycles. The molecule has 0 radical (unpaired) electrons. The van der Waals surface area contributed by atoms with Crippen LogP contribution >= 0.6 is 0 Å². The first-order chi connectivity index (χ1) is 5.02. The van der Waals surface area contributed by atoms with Gasteiger partial charge in [0.1, 0.15) is 0 Å². The quantitative estimate of drug-likeness (QED) is 0.723. The number of hydrogen-bond acceptors (Lipinski definition) is 3. The molecule has 1 atom stereocenters. The van der Waals surface area contributed by atoms with E-state index in [4.69, 9.17) is 0 Å². The number of nitrogens with one attached hydrogen (secondary N) is 1. The fourth-order valence-corrected chi connectivity index (χ4v) is 1.32. The first-order valence-electron chi connectivity index (χ1n) is 3.20. The van der Waals surface area contributed by atoms with Gasteiger partial charge in [-0.1, -0.05) is 0 Å². The molecular formula is C6H12N2O2S. The largest absolute Gasteiger partial charge is 0.281 e. The molecule has 1 heterocycles. The van der Waals surface area contributed by atoms with Gasteiger partial charge in [0, 0.05) is 13.9 Å². The molecule has 1 aromatic heterocycles. The van der Waals surface area contributed by atoms with Crippen LogP contribution in [-0.4, -0.2) is 24.9 Å². The molecule has 0 aliphatic rings. The smallest absolute Gasteiger partial charge is 0.155 e. The number of nitrogens with zero attached hydrogens (tertiary/aromatic N) is 1. The normalized spacial score (nSPS) is 14.7. The number of aromatic nitrogens is 2. The van der Waals surface area contributed by atoms with Gasteiger partial charge in [-0.2, -0.15) is 5.10 Å². The molecular weight excluding hydrogens is 164 g/mol. The van der Waals surface area contributed by atoms with Crippen molar-refractivity contribution in [3.63, 3.8) is 0 Å². The van der Waals surface area contributed by atoms with Crippen LogP contribution in [-0.2, 0) is 9.84 Å². The van der Waals surface area contributed by atoms with Gasteiger partial charge in [-0.3, -0.25) is 5.10 Å². The second kappa shape index (κ2) is 2.65. The highest BCUT2D eigenvalue weighted by atomic mass is 32.2. The summed E-state index contributed by atoms with van der Waals surface area (Å²) in [6.45, 7) is 1.63. The van der Waals surface area contributed by atoms with Crippen molar-refractivity contribution in [3.05, 3.63) is 18.0 Å². The van der Waals surface area contributed by atoms with Crippen molar-refractivity contribution in [3.8, 4) is 0 Å². The Bertz CT molecular complexity index is 319. The monoisotopic (exact) mass is 176 g/mol. The van der Waals surface area contributed by atoms with E-state index in [1.165, 1.54) is 12.5 Å². The van der Waals surface area contributed by atoms with Crippen LogP contribution in [0.4, 0.5) is 0 Å². The molecule has 5 heteroatoms. The van der Waals surface area contributed by atoms with Crippen LogP contribution < -0.4 is 0 Å². The number of sulfone groups is 1. The molecule has 0 saturated heterocycles. The van der Waals surface area contributed by atoms with Crippen molar-refractivity contribution < 1.29 is 9.84 Å². The molecule has 0 amide bonds. The Hall–Kier alpha value is -0.840. The van der Waals surface area contributed by atoms with Crippen molar-refractivity contribution in [2.45, 2.75) is 12.2 Å². The van der Waals surface area contributed by atoms with Crippen LogP contribution in [0.2, 0.25) is 0 Å². The molecule has 11 heavy (non-hydrogen) atoms. The predicted molar refractivity (Wildman–Crippen MR) is 44.0 cm³/mol. The van der Waals surface area contributed by atoms with E-state index in [1.807, 2.05) is 0 Å². The van der Waals surface area contributed by atoms with Gasteiger partial charge in [-0.05, 0) is 13.0 Å². The molecule has 0 aliphatic carbocycles. The molecule has 0 saturated carbocycles. The van der Waals surface area contributed by atoms with Gasteiger partial charge in [0.25, 0.3) is 0 Å². The standard InChI is InChI=1S/C6H10N2O2S.H2/c1-5(11(2,9)10)6-3-4-7-8-6;/h3-5H,1-2H3,(H,7,8);1H. The number of rotatable bonds is 2. The van der Waals surface area contributed by atoms with Crippen LogP contribution in [0.3, 0.4) is 0 Å². The average Bonchev–Trinajstić information content (AvgIpc) is 2.34. The summed E-state index contributed by atoms with van der Waals surface area (Å²) in [5.41, 5.74) is 0.632. The highest BCUT2D eigenvalue weighted by Gasteiger charge is 2.17. The van der Waals surface area contributed by atoms with E-state index in [1.54, 1.807) is 13.0 Å². The Labute approximate surface area is 67.0 Å². The Morgan fingerprint density at radius 3 is 2.73 bits per heavy atom. The van der Waals surface area contributed by atoms with Gasteiger partial charge >= 0.3 is 0 Å². The highest BCUT2D eigenvalue weighted by molar-refractivity contribution is 7.90. The van der Waals surface area contributed by atoms with Gasteiger partial charge in [0.2, 0.25) is 0 Å². The first-order valence-corrected chi connectivity index (χ1v) is 5.15. The van der Waals surface area contributed by atoms with Crippen molar-refractivity contribution >= 4 is 9.84 Å². The minimum Gasteiger partial charge on any atom is -0.281 e. The molecule has 1 rings (SSSR count). The second-order valence-electron chi connectivity index (χ2n) is 2.48. The van der Waals surface area contributed by atoms with Gasteiger partial charge in [-0.15, -0.1) is 0 Å². The fourth-order valence-electron chi connectivity index (χ4n) is 0.724. The zero-order chi connectivity index (χ0) is 8.48. The van der Waals surface area contributed by atoms with E-state index < -0.39 is 15.1 Å². The minimum atomic E-state index is -3.00. The fraction of sp³-hybridized carbons (Fsp3) is 0.500. The average molecular weight is 176 g/mol. The lowest BCUT2D eigenvalue weighted by molar-refractivity contribution is 0.591. The lowest BCUT2D eigenvalue weighted by atomic mass is 10.3. The third kappa shape index (κ3) is 1.80. The number of H-pyrrole nitrogens is 1. The zero-order valence-electron chi connectivity index (χ0n) is 6.40. The van der Waals surface area contributed by atoms with Crippen molar-refractivity contribution in [1.82, 2.24) is 10.2 Å². The van der Waals surface area contributed by atoms with Crippen LogP contribution in [0.1, 0.15) is 19.3 Å². The summed E-state index contributed by atoms with van der Waals surface area (Å²) in [6.07, 6.45) is 2.75. The molecule has 64 valence electrons. The summed E-state index contributed by atoms with van der Waals surface area (Å²) in [7, 11) is -3.00. The summed E-state index contributed by atoms with van der Waals surface area (Å²) in [4.78, 5) is 0. The number of hydrogen-bond donors (Lipinski definition) is 1. The van der Waals surface area contributed by atoms with Crippen molar-refractivity contribution in [2.24, 2.45) is 0 Å². The maximum atomic E-state index is 11.0. The van der Waals surface area contributed by atoms with Crippen LogP contribution in [0.15, 0.2) is 12.3 Å². The van der Waals surface area contributed by atoms with E-state index in [9.17, 15) is 8.42 Å². The summed E-state index contributed by atoms with van der Waals surface area (Å²) in [6, 6.07) is 1.66. The van der Waals surface area contributed by atoms with E-state index in [2.05, 4.69) is 10.2 Å². The Balaban J connectivity index is 0.00000121. The van der Waals surface area contributed by atoms with Crippen molar-refractivity contribution in [2.75, 3.05) is 6.26 Å². The Kier molecular flexibility index (Phi) is 1.99. The summed E-state index contributed by atoms with van der Waals surface area (Å²) < 4.78 is 22.0. The SMILES string of the molecule is CC(c1ccn[nH]1)S(C)(=O)=O.[HH]. The maximum absolute atomic E-state index is 11.0. The molecule has 1 N–H and O–H groups in total. The molecule has 1 aromatic rings. The topological polar surface area (TPSA) is 62.8 Å².